The third-order valence-electron chi connectivity index (χ3n) is 2.88. The Bertz CT molecular complexity index is 403. The zero-order chi connectivity index (χ0) is 12.6. The van der Waals surface area contributed by atoms with Crippen LogP contribution in [0.5, 0.6) is 5.75 Å². The number of hydrogen-bond donors (Lipinski definition) is 0. The zero-order valence-electron chi connectivity index (χ0n) is 11.4. The molecule has 0 N–H and O–H groups in total. The lowest BCUT2D eigenvalue weighted by Crippen LogP contribution is -2.22. The molecular formula is C14H22N2O. The van der Waals surface area contributed by atoms with E-state index < -0.39 is 0 Å². The molecular weight excluding hydrogens is 212 g/mol. The molecule has 1 aliphatic rings. The number of pyridine rings is 1. The van der Waals surface area contributed by atoms with Crippen molar-refractivity contribution in [3.05, 3.63) is 17.8 Å². The molecule has 94 valence electrons. The number of aromatic nitrogens is 1. The quantitative estimate of drug-likeness (QED) is 0.804. The van der Waals surface area contributed by atoms with Crippen LogP contribution in [0.1, 0.15) is 39.2 Å². The Morgan fingerprint density at radius 1 is 1.29 bits per heavy atom. The van der Waals surface area contributed by atoms with Crippen LogP contribution in [0.3, 0.4) is 0 Å². The lowest BCUT2D eigenvalue weighted by atomic mass is 9.86. The predicted molar refractivity (Wildman–Crippen MR) is 70.9 cm³/mol. The van der Waals surface area contributed by atoms with Crippen LogP contribution in [0, 0.1) is 0 Å². The Morgan fingerprint density at radius 3 is 2.41 bits per heavy atom. The van der Waals surface area contributed by atoms with E-state index in [-0.39, 0.29) is 5.41 Å². The van der Waals surface area contributed by atoms with E-state index in [1.807, 2.05) is 26.4 Å². The Balaban J connectivity index is 2.45. The van der Waals surface area contributed by atoms with Gasteiger partial charge in [-0.3, -0.25) is 0 Å². The highest BCUT2D eigenvalue weighted by Gasteiger charge is 2.29. The largest absolute Gasteiger partial charge is 0.490 e. The van der Waals surface area contributed by atoms with Crippen molar-refractivity contribution in [2.24, 2.45) is 0 Å². The van der Waals surface area contributed by atoms with Crippen LogP contribution in [0.4, 0.5) is 5.82 Å². The van der Waals surface area contributed by atoms with E-state index in [2.05, 4.69) is 30.7 Å². The van der Waals surface area contributed by atoms with Crippen LogP contribution in [-0.4, -0.2) is 25.2 Å². The molecule has 0 aliphatic heterocycles. The van der Waals surface area contributed by atoms with Gasteiger partial charge >= 0.3 is 0 Å². The van der Waals surface area contributed by atoms with Crippen LogP contribution in [-0.2, 0) is 5.41 Å². The number of hydrogen-bond acceptors (Lipinski definition) is 3. The molecule has 1 saturated carbocycles. The third-order valence-corrected chi connectivity index (χ3v) is 2.88. The summed E-state index contributed by atoms with van der Waals surface area (Å²) in [4.78, 5) is 6.53. The van der Waals surface area contributed by atoms with Crippen molar-refractivity contribution in [3.8, 4) is 5.75 Å². The van der Waals surface area contributed by atoms with Gasteiger partial charge in [0.2, 0.25) is 0 Å². The second kappa shape index (κ2) is 4.21. The Kier molecular flexibility index (Phi) is 3.02. The number of nitrogens with zero attached hydrogens (tertiary/aromatic N) is 2. The first-order chi connectivity index (χ1) is 7.89. The Labute approximate surface area is 104 Å². The molecule has 0 saturated heterocycles. The van der Waals surface area contributed by atoms with E-state index in [4.69, 9.17) is 4.74 Å². The van der Waals surface area contributed by atoms with Gasteiger partial charge in [0.1, 0.15) is 11.6 Å². The van der Waals surface area contributed by atoms with E-state index >= 15 is 0 Å². The van der Waals surface area contributed by atoms with Gasteiger partial charge in [-0.05, 0) is 24.3 Å². The van der Waals surface area contributed by atoms with Crippen LogP contribution in [0.25, 0.3) is 0 Å². The fraction of sp³-hybridized carbons (Fsp3) is 0.643. The molecule has 1 fully saturated rings. The molecule has 0 atom stereocenters. The van der Waals surface area contributed by atoms with E-state index in [1.54, 1.807) is 0 Å². The van der Waals surface area contributed by atoms with Crippen molar-refractivity contribution in [2.75, 3.05) is 19.0 Å². The van der Waals surface area contributed by atoms with Gasteiger partial charge in [-0.15, -0.1) is 0 Å². The van der Waals surface area contributed by atoms with Crippen molar-refractivity contribution < 1.29 is 4.74 Å². The fourth-order valence-electron chi connectivity index (χ4n) is 1.94. The molecule has 1 aromatic rings. The molecule has 1 aromatic heterocycles. The van der Waals surface area contributed by atoms with Gasteiger partial charge in [0.15, 0.2) is 0 Å². The average Bonchev–Trinajstić information content (AvgIpc) is 2.99. The first-order valence-electron chi connectivity index (χ1n) is 6.23. The van der Waals surface area contributed by atoms with Crippen LogP contribution in [0.15, 0.2) is 12.3 Å². The first kappa shape index (κ1) is 12.2. The molecule has 0 aromatic carbocycles. The molecule has 0 radical (unpaired) electrons. The summed E-state index contributed by atoms with van der Waals surface area (Å²) in [5.41, 5.74) is 1.25. The second-order valence-corrected chi connectivity index (χ2v) is 5.97. The summed E-state index contributed by atoms with van der Waals surface area (Å²) in [6, 6.07) is 1.99. The van der Waals surface area contributed by atoms with Crippen molar-refractivity contribution in [1.29, 1.82) is 0 Å². The van der Waals surface area contributed by atoms with E-state index in [9.17, 15) is 0 Å². The van der Waals surface area contributed by atoms with E-state index in [1.165, 1.54) is 18.4 Å². The molecule has 0 spiro atoms. The fourth-order valence-corrected chi connectivity index (χ4v) is 1.94. The maximum atomic E-state index is 6.01. The third kappa shape index (κ3) is 2.71. The summed E-state index contributed by atoms with van der Waals surface area (Å²) in [7, 11) is 4.05. The van der Waals surface area contributed by atoms with Crippen molar-refractivity contribution in [1.82, 2.24) is 4.98 Å². The predicted octanol–water partition coefficient (Wildman–Crippen LogP) is 2.99. The van der Waals surface area contributed by atoms with Gasteiger partial charge in [-0.25, -0.2) is 4.98 Å². The minimum absolute atomic E-state index is 0.0398. The van der Waals surface area contributed by atoms with Crippen molar-refractivity contribution >= 4 is 5.82 Å². The lowest BCUT2D eigenvalue weighted by Gasteiger charge is -2.27. The van der Waals surface area contributed by atoms with Gasteiger partial charge in [-0.2, -0.15) is 0 Å². The molecule has 3 heteroatoms. The average molecular weight is 234 g/mol. The number of ether oxygens (including phenoxy) is 1. The summed E-state index contributed by atoms with van der Waals surface area (Å²) < 4.78 is 6.01. The highest BCUT2D eigenvalue weighted by molar-refractivity contribution is 5.56. The molecule has 0 amide bonds. The highest BCUT2D eigenvalue weighted by Crippen LogP contribution is 2.39. The van der Waals surface area contributed by atoms with Gasteiger partial charge in [0.05, 0.1) is 6.10 Å². The minimum Gasteiger partial charge on any atom is -0.490 e. The summed E-state index contributed by atoms with van der Waals surface area (Å²) in [5.74, 6) is 2.01. The first-order valence-corrected chi connectivity index (χ1v) is 6.23. The van der Waals surface area contributed by atoms with E-state index in [0.29, 0.717) is 6.10 Å². The van der Waals surface area contributed by atoms with Gasteiger partial charge in [-0.1, -0.05) is 20.8 Å². The lowest BCUT2D eigenvalue weighted by molar-refractivity contribution is 0.294. The Hall–Kier alpha value is -1.25. The van der Waals surface area contributed by atoms with Crippen molar-refractivity contribution in [3.63, 3.8) is 0 Å². The SMILES string of the molecule is CN(C)c1nccc(OC2CC2)c1C(C)(C)C. The molecule has 0 bridgehead atoms. The van der Waals surface area contributed by atoms with Crippen molar-refractivity contribution in [2.45, 2.75) is 45.1 Å². The maximum Gasteiger partial charge on any atom is 0.135 e. The standard InChI is InChI=1S/C14H22N2O/c1-14(2,3)12-11(17-10-6-7-10)8-9-15-13(12)16(4)5/h8-10H,6-7H2,1-5H3. The number of rotatable bonds is 3. The molecule has 2 rings (SSSR count). The second-order valence-electron chi connectivity index (χ2n) is 5.97. The molecule has 0 unspecified atom stereocenters. The molecule has 17 heavy (non-hydrogen) atoms. The molecule has 1 heterocycles. The van der Waals surface area contributed by atoms with Gasteiger partial charge < -0.3 is 9.64 Å². The minimum atomic E-state index is 0.0398. The van der Waals surface area contributed by atoms with Crippen LogP contribution in [0.2, 0.25) is 0 Å². The number of anilines is 1. The summed E-state index contributed by atoms with van der Waals surface area (Å²) in [6.07, 6.45) is 4.63. The normalized spacial score (nSPS) is 15.8. The monoisotopic (exact) mass is 234 g/mol. The van der Waals surface area contributed by atoms with E-state index in [0.717, 1.165) is 11.6 Å². The molecule has 3 nitrogen and oxygen atoms in total. The smallest absolute Gasteiger partial charge is 0.135 e. The maximum absolute atomic E-state index is 6.01. The van der Waals surface area contributed by atoms with Gasteiger partial charge in [0.25, 0.3) is 0 Å². The topological polar surface area (TPSA) is 25.4 Å². The highest BCUT2D eigenvalue weighted by atomic mass is 16.5. The summed E-state index contributed by atoms with van der Waals surface area (Å²) >= 11 is 0. The summed E-state index contributed by atoms with van der Waals surface area (Å²) in [5, 5.41) is 0. The molecule has 1 aliphatic carbocycles. The van der Waals surface area contributed by atoms with Gasteiger partial charge in [0, 0.05) is 25.9 Å². The summed E-state index contributed by atoms with van der Waals surface area (Å²) in [6.45, 7) is 6.62. The zero-order valence-corrected chi connectivity index (χ0v) is 11.4. The Morgan fingerprint density at radius 2 is 1.94 bits per heavy atom. The van der Waals surface area contributed by atoms with Crippen LogP contribution >= 0.6 is 0 Å². The van der Waals surface area contributed by atoms with Crippen LogP contribution < -0.4 is 9.64 Å².